The molecule has 0 saturated heterocycles. The molecule has 0 bridgehead atoms. The van der Waals surface area contributed by atoms with E-state index < -0.39 is 5.97 Å². The summed E-state index contributed by atoms with van der Waals surface area (Å²) in [5.74, 6) is 0.396. The van der Waals surface area contributed by atoms with Gasteiger partial charge in [0.25, 0.3) is 0 Å². The van der Waals surface area contributed by atoms with Gasteiger partial charge in [-0.3, -0.25) is 0 Å². The molecule has 0 spiro atoms. The van der Waals surface area contributed by atoms with E-state index in [2.05, 4.69) is 17.1 Å². The summed E-state index contributed by atoms with van der Waals surface area (Å²) in [6, 6.07) is 20.2. The number of aromatic hydroxyl groups is 1. The minimum atomic E-state index is -0.973. The fraction of sp³-hybridized carbons (Fsp3) is 0.0714. The molecule has 0 fully saturated rings. The van der Waals surface area contributed by atoms with E-state index in [1.807, 2.05) is 36.5 Å². The van der Waals surface area contributed by atoms with E-state index in [0.29, 0.717) is 11.3 Å². The number of hydrogen-bond donors (Lipinski definition) is 3. The number of ether oxygens (including phenoxy) is 1. The van der Waals surface area contributed by atoms with Crippen LogP contribution in [0.1, 0.15) is 39.9 Å². The molecule has 33 heavy (non-hydrogen) atoms. The van der Waals surface area contributed by atoms with E-state index in [-0.39, 0.29) is 11.3 Å². The third kappa shape index (κ3) is 3.09. The molecule has 160 valence electrons. The minimum Gasteiger partial charge on any atom is -0.508 e. The molecule has 5 heteroatoms. The number of para-hydroxylation sites is 1. The number of rotatable bonds is 3. The van der Waals surface area contributed by atoms with Crippen LogP contribution < -0.4 is 9.73 Å². The number of phenols is 1. The van der Waals surface area contributed by atoms with Crippen LogP contribution in [0.3, 0.4) is 0 Å². The Bertz CT molecular complexity index is 1470. The van der Waals surface area contributed by atoms with Gasteiger partial charge in [0, 0.05) is 28.8 Å². The van der Waals surface area contributed by atoms with E-state index in [1.54, 1.807) is 30.3 Å². The summed E-state index contributed by atoms with van der Waals surface area (Å²) in [6.45, 7) is 0. The quantitative estimate of drug-likeness (QED) is 0.577. The van der Waals surface area contributed by atoms with Gasteiger partial charge in [-0.25, -0.2) is 9.79 Å². The maximum absolute atomic E-state index is 12.0. The van der Waals surface area contributed by atoms with Gasteiger partial charge >= 0.3 is 5.97 Å². The molecule has 5 nitrogen and oxygen atoms in total. The van der Waals surface area contributed by atoms with Crippen LogP contribution in [0, 0.1) is 0 Å². The van der Waals surface area contributed by atoms with Gasteiger partial charge in [0.05, 0.1) is 16.7 Å². The van der Waals surface area contributed by atoms with Gasteiger partial charge in [-0.2, -0.15) is 0 Å². The van der Waals surface area contributed by atoms with Crippen LogP contribution in [0.25, 0.3) is 11.1 Å². The minimum absolute atomic E-state index is 0.101. The monoisotopic (exact) mass is 434 g/mol. The molecule has 2 aliphatic heterocycles. The number of benzene rings is 3. The molecule has 2 heterocycles. The van der Waals surface area contributed by atoms with Gasteiger partial charge in [0.15, 0.2) is 6.21 Å². The Labute approximate surface area is 190 Å². The van der Waals surface area contributed by atoms with Crippen molar-refractivity contribution < 1.29 is 24.7 Å². The predicted octanol–water partition coefficient (Wildman–Crippen LogP) is 4.21. The Hall–Kier alpha value is -4.38. The average Bonchev–Trinajstić information content (AvgIpc) is 3.42. The van der Waals surface area contributed by atoms with Crippen LogP contribution >= 0.6 is 0 Å². The number of phenolic OH excluding ortho intramolecular Hbond substituents is 1. The number of hydrogen-bond acceptors (Lipinski definition) is 3. The summed E-state index contributed by atoms with van der Waals surface area (Å²) >= 11 is 0. The summed E-state index contributed by atoms with van der Waals surface area (Å²) in [7, 11) is 0. The lowest BCUT2D eigenvalue weighted by atomic mass is 9.87. The van der Waals surface area contributed by atoms with Crippen molar-refractivity contribution in [3.63, 3.8) is 0 Å². The molecule has 3 aromatic rings. The Morgan fingerprint density at radius 3 is 2.58 bits per heavy atom. The fourth-order valence-corrected chi connectivity index (χ4v) is 4.85. The zero-order valence-corrected chi connectivity index (χ0v) is 17.6. The SMILES string of the molecule is O=C(O)c1ccccc1C1=C2CCC(C=C3C=[NH+]c4ccccc43)=C2Oc2cc(O)ccc21. The van der Waals surface area contributed by atoms with Gasteiger partial charge in [-0.1, -0.05) is 30.3 Å². The number of aromatic carboxylic acids is 1. The van der Waals surface area contributed by atoms with Crippen molar-refractivity contribution in [1.82, 2.24) is 0 Å². The first kappa shape index (κ1) is 19.3. The largest absolute Gasteiger partial charge is 0.508 e. The first-order valence-corrected chi connectivity index (χ1v) is 10.8. The molecule has 0 saturated carbocycles. The lowest BCUT2D eigenvalue weighted by Crippen LogP contribution is -2.58. The lowest BCUT2D eigenvalue weighted by Gasteiger charge is -2.25. The second-order valence-corrected chi connectivity index (χ2v) is 8.28. The van der Waals surface area contributed by atoms with Crippen molar-refractivity contribution in [2.45, 2.75) is 12.8 Å². The summed E-state index contributed by atoms with van der Waals surface area (Å²) < 4.78 is 6.34. The highest BCUT2D eigenvalue weighted by Crippen LogP contribution is 2.49. The Morgan fingerprint density at radius 2 is 1.73 bits per heavy atom. The van der Waals surface area contributed by atoms with Crippen molar-refractivity contribution in [2.24, 2.45) is 0 Å². The van der Waals surface area contributed by atoms with Crippen molar-refractivity contribution >= 4 is 29.0 Å². The number of carbonyl (C=O) groups is 1. The molecule has 0 atom stereocenters. The number of nitrogens with one attached hydrogen (secondary N) is 1. The van der Waals surface area contributed by atoms with Crippen LogP contribution in [-0.4, -0.2) is 22.4 Å². The molecule has 3 aliphatic rings. The van der Waals surface area contributed by atoms with Gasteiger partial charge in [0.1, 0.15) is 17.3 Å². The van der Waals surface area contributed by atoms with Crippen LogP contribution in [0.5, 0.6) is 11.5 Å². The third-order valence-electron chi connectivity index (χ3n) is 6.34. The molecule has 3 aromatic carbocycles. The predicted molar refractivity (Wildman–Crippen MR) is 126 cm³/mol. The van der Waals surface area contributed by atoms with Crippen molar-refractivity contribution in [1.29, 1.82) is 0 Å². The molecule has 0 unspecified atom stereocenters. The summed E-state index contributed by atoms with van der Waals surface area (Å²) in [5, 5.41) is 19.9. The van der Waals surface area contributed by atoms with E-state index in [1.165, 1.54) is 0 Å². The fourth-order valence-electron chi connectivity index (χ4n) is 4.85. The summed E-state index contributed by atoms with van der Waals surface area (Å²) in [5.41, 5.74) is 7.86. The van der Waals surface area contributed by atoms with E-state index in [0.717, 1.165) is 57.7 Å². The zero-order valence-electron chi connectivity index (χ0n) is 17.6. The van der Waals surface area contributed by atoms with Gasteiger partial charge in [-0.15, -0.1) is 0 Å². The van der Waals surface area contributed by atoms with E-state index >= 15 is 0 Å². The highest BCUT2D eigenvalue weighted by Gasteiger charge is 2.33. The number of fused-ring (bicyclic) bond motifs is 3. The molecular weight excluding hydrogens is 414 g/mol. The second-order valence-electron chi connectivity index (χ2n) is 8.28. The number of carboxylic acid groups (broad SMARTS) is 1. The standard InChI is InChI=1S/C28H19NO4/c30-18-10-12-22-25(14-18)33-27-16(13-17-15-29-24-8-4-3-5-19(17)24)9-11-23(27)26(22)20-6-1-2-7-21(20)28(31)32/h1-8,10,12-15,30H,9,11H2,(H,31,32)/p+1. The van der Waals surface area contributed by atoms with Crippen LogP contribution in [0.4, 0.5) is 5.69 Å². The summed E-state index contributed by atoms with van der Waals surface area (Å²) in [6.07, 6.45) is 5.65. The molecule has 3 N–H and O–H groups in total. The molecule has 0 amide bonds. The molecular formula is C28H20NO4+. The highest BCUT2D eigenvalue weighted by atomic mass is 16.5. The smallest absolute Gasteiger partial charge is 0.336 e. The highest BCUT2D eigenvalue weighted by molar-refractivity contribution is 6.12. The lowest BCUT2D eigenvalue weighted by molar-refractivity contribution is -0.342. The van der Waals surface area contributed by atoms with E-state index in [4.69, 9.17) is 4.74 Å². The van der Waals surface area contributed by atoms with Crippen LogP contribution in [-0.2, 0) is 0 Å². The maximum Gasteiger partial charge on any atom is 0.336 e. The topological polar surface area (TPSA) is 80.7 Å². The zero-order chi connectivity index (χ0) is 22.5. The third-order valence-corrected chi connectivity index (χ3v) is 6.34. The number of allylic oxidation sites excluding steroid dienone is 4. The maximum atomic E-state index is 12.0. The molecule has 0 aromatic heterocycles. The molecule has 1 aliphatic carbocycles. The Kier molecular flexibility index (Phi) is 4.30. The summed E-state index contributed by atoms with van der Waals surface area (Å²) in [4.78, 5) is 15.3. The first-order valence-electron chi connectivity index (χ1n) is 10.8. The molecule has 0 radical (unpaired) electrons. The van der Waals surface area contributed by atoms with Gasteiger partial charge in [-0.05, 0) is 54.3 Å². The van der Waals surface area contributed by atoms with Gasteiger partial charge in [0.2, 0.25) is 5.69 Å². The molecule has 6 rings (SSSR count). The van der Waals surface area contributed by atoms with Crippen molar-refractivity contribution in [2.75, 3.05) is 0 Å². The average molecular weight is 434 g/mol. The van der Waals surface area contributed by atoms with E-state index in [9.17, 15) is 15.0 Å². The Balaban J connectivity index is 1.58. The number of carboxylic acids is 1. The van der Waals surface area contributed by atoms with Crippen LogP contribution in [0.2, 0.25) is 0 Å². The van der Waals surface area contributed by atoms with Crippen LogP contribution in [0.15, 0.2) is 89.7 Å². The van der Waals surface area contributed by atoms with Gasteiger partial charge < -0.3 is 14.9 Å². The second kappa shape index (κ2) is 7.35. The van der Waals surface area contributed by atoms with Crippen molar-refractivity contribution in [3.05, 3.63) is 112 Å². The first-order chi connectivity index (χ1) is 16.1. The Morgan fingerprint density at radius 1 is 0.939 bits per heavy atom. The van der Waals surface area contributed by atoms with Crippen molar-refractivity contribution in [3.8, 4) is 11.5 Å². The normalized spacial score (nSPS) is 17.2.